The molecule has 0 radical (unpaired) electrons. The summed E-state index contributed by atoms with van der Waals surface area (Å²) in [5.41, 5.74) is 0.865. The first-order valence-corrected chi connectivity index (χ1v) is 8.06. The van der Waals surface area contributed by atoms with E-state index in [0.29, 0.717) is 22.8 Å². The summed E-state index contributed by atoms with van der Waals surface area (Å²) < 4.78 is 19.8. The molecule has 116 valence electrons. The minimum atomic E-state index is -0.456. The molecule has 1 aliphatic rings. The van der Waals surface area contributed by atoms with E-state index in [1.165, 1.54) is 23.5 Å². The van der Waals surface area contributed by atoms with Crippen molar-refractivity contribution in [3.8, 4) is 0 Å². The summed E-state index contributed by atoms with van der Waals surface area (Å²) in [6.45, 7) is 1.94. The summed E-state index contributed by atoms with van der Waals surface area (Å²) in [4.78, 5) is 24.3. The number of thiazole rings is 1. The van der Waals surface area contributed by atoms with Gasteiger partial charge in [-0.05, 0) is 18.6 Å². The van der Waals surface area contributed by atoms with Crippen LogP contribution in [0.3, 0.4) is 0 Å². The minimum Gasteiger partial charge on any atom is -0.467 e. The van der Waals surface area contributed by atoms with Gasteiger partial charge >= 0.3 is 0 Å². The van der Waals surface area contributed by atoms with Crippen LogP contribution < -0.4 is 5.43 Å². The van der Waals surface area contributed by atoms with Gasteiger partial charge in [-0.1, -0.05) is 13.0 Å². The first kappa shape index (κ1) is 14.1. The van der Waals surface area contributed by atoms with Crippen LogP contribution in [0.25, 0.3) is 10.9 Å². The topological polar surface area (TPSA) is 67.3 Å². The Morgan fingerprint density at radius 3 is 3.09 bits per heavy atom. The predicted octanol–water partition coefficient (Wildman–Crippen LogP) is 3.68. The number of fused-ring (bicyclic) bond motifs is 2. The summed E-state index contributed by atoms with van der Waals surface area (Å²) in [7, 11) is 0. The number of aromatic nitrogens is 2. The molecule has 1 unspecified atom stereocenters. The largest absolute Gasteiger partial charge is 0.467 e. The number of aromatic amines is 1. The Hall–Kier alpha value is -2.54. The van der Waals surface area contributed by atoms with Gasteiger partial charge in [0, 0.05) is 17.0 Å². The summed E-state index contributed by atoms with van der Waals surface area (Å²) in [6.07, 6.45) is 1.93. The zero-order valence-corrected chi connectivity index (χ0v) is 13.0. The summed E-state index contributed by atoms with van der Waals surface area (Å²) in [6, 6.07) is 4.44. The van der Waals surface area contributed by atoms with Crippen molar-refractivity contribution in [2.24, 2.45) is 4.99 Å². The molecule has 1 atom stereocenters. The van der Waals surface area contributed by atoms with E-state index in [1.54, 1.807) is 17.6 Å². The van der Waals surface area contributed by atoms with Crippen molar-refractivity contribution in [1.29, 1.82) is 0 Å². The Bertz CT molecular complexity index is 979. The molecule has 0 fully saturated rings. The van der Waals surface area contributed by atoms with E-state index in [1.807, 2.05) is 6.92 Å². The number of aliphatic imine (C=N–C) groups is 1. The van der Waals surface area contributed by atoms with Gasteiger partial charge in [0.15, 0.2) is 0 Å². The van der Waals surface area contributed by atoms with Gasteiger partial charge in [0.2, 0.25) is 16.5 Å². The maximum atomic E-state index is 14.0. The number of benzene rings is 1. The summed E-state index contributed by atoms with van der Waals surface area (Å²) in [5, 5.41) is 2.60. The normalized spacial score (nSPS) is 18.3. The first-order chi connectivity index (χ1) is 11.2. The fourth-order valence-corrected chi connectivity index (χ4v) is 3.23. The highest BCUT2D eigenvalue weighted by atomic mass is 32.1. The zero-order valence-electron chi connectivity index (χ0n) is 12.2. The Morgan fingerprint density at radius 2 is 2.35 bits per heavy atom. The standard InChI is InChI=1S/C16H12FN3O2S/c1-2-10-13-11(15(22-10)20-16-18-6-7-23-16)14(21)8-4-3-5-9(17)12(8)19-13/h3-7,10H,2H2,1H3,(H,19,21). The van der Waals surface area contributed by atoms with Gasteiger partial charge < -0.3 is 9.72 Å². The maximum Gasteiger partial charge on any atom is 0.230 e. The Kier molecular flexibility index (Phi) is 3.23. The fourth-order valence-electron chi connectivity index (χ4n) is 2.73. The van der Waals surface area contributed by atoms with Gasteiger partial charge in [-0.2, -0.15) is 4.99 Å². The third kappa shape index (κ3) is 2.16. The van der Waals surface area contributed by atoms with E-state index >= 15 is 0 Å². The Balaban J connectivity index is 2.02. The third-order valence-corrected chi connectivity index (χ3v) is 4.46. The lowest BCUT2D eigenvalue weighted by molar-refractivity contribution is 0.201. The second-order valence-electron chi connectivity index (χ2n) is 5.15. The summed E-state index contributed by atoms with van der Waals surface area (Å²) in [5.74, 6) is -0.211. The number of rotatable bonds is 2. The van der Waals surface area contributed by atoms with E-state index in [2.05, 4.69) is 15.0 Å². The van der Waals surface area contributed by atoms with Gasteiger partial charge in [0.25, 0.3) is 0 Å². The van der Waals surface area contributed by atoms with Crippen molar-refractivity contribution in [3.63, 3.8) is 0 Å². The van der Waals surface area contributed by atoms with Crippen LogP contribution in [0.15, 0.2) is 39.6 Å². The number of nitrogens with zero attached hydrogens (tertiary/aromatic N) is 2. The molecule has 0 bridgehead atoms. The van der Waals surface area contributed by atoms with Gasteiger partial charge in [-0.25, -0.2) is 9.37 Å². The quantitative estimate of drug-likeness (QED) is 0.780. The van der Waals surface area contributed by atoms with Crippen molar-refractivity contribution in [3.05, 3.63) is 57.1 Å². The molecule has 23 heavy (non-hydrogen) atoms. The number of hydrogen-bond acceptors (Lipinski definition) is 5. The first-order valence-electron chi connectivity index (χ1n) is 7.18. The molecule has 0 saturated carbocycles. The SMILES string of the molecule is CCC1OC(=Nc2nccs2)c2c1[nH]c1c(F)cccc1c2=O. The third-order valence-electron chi connectivity index (χ3n) is 3.79. The van der Waals surface area contributed by atoms with E-state index < -0.39 is 5.82 Å². The summed E-state index contributed by atoms with van der Waals surface area (Å²) >= 11 is 1.35. The second-order valence-corrected chi connectivity index (χ2v) is 6.02. The Labute approximate surface area is 134 Å². The van der Waals surface area contributed by atoms with Crippen LogP contribution in [-0.4, -0.2) is 15.9 Å². The monoisotopic (exact) mass is 329 g/mol. The lowest BCUT2D eigenvalue weighted by atomic mass is 10.1. The molecular weight excluding hydrogens is 317 g/mol. The lowest BCUT2D eigenvalue weighted by Gasteiger charge is -2.08. The lowest BCUT2D eigenvalue weighted by Crippen LogP contribution is -2.15. The molecule has 0 aliphatic carbocycles. The molecule has 0 saturated heterocycles. The molecule has 1 N–H and O–H groups in total. The Morgan fingerprint density at radius 1 is 1.48 bits per heavy atom. The van der Waals surface area contributed by atoms with E-state index in [-0.39, 0.29) is 28.3 Å². The van der Waals surface area contributed by atoms with Crippen LogP contribution in [-0.2, 0) is 4.74 Å². The van der Waals surface area contributed by atoms with E-state index in [0.717, 1.165) is 0 Å². The second kappa shape index (κ2) is 5.27. The number of hydrogen-bond donors (Lipinski definition) is 1. The number of pyridine rings is 1. The average Bonchev–Trinajstić information content (AvgIpc) is 3.17. The van der Waals surface area contributed by atoms with E-state index in [4.69, 9.17) is 4.74 Å². The number of ether oxygens (including phenoxy) is 1. The highest BCUT2D eigenvalue weighted by Gasteiger charge is 2.33. The average molecular weight is 329 g/mol. The molecule has 2 aromatic heterocycles. The van der Waals surface area contributed by atoms with Crippen LogP contribution in [0.4, 0.5) is 9.52 Å². The molecule has 0 spiro atoms. The van der Waals surface area contributed by atoms with Crippen molar-refractivity contribution in [2.75, 3.05) is 0 Å². The number of halogens is 1. The van der Waals surface area contributed by atoms with Crippen molar-refractivity contribution < 1.29 is 9.13 Å². The number of H-pyrrole nitrogens is 1. The molecule has 5 nitrogen and oxygen atoms in total. The van der Waals surface area contributed by atoms with E-state index in [9.17, 15) is 9.18 Å². The number of para-hydroxylation sites is 1. The highest BCUT2D eigenvalue weighted by molar-refractivity contribution is 7.13. The molecule has 1 aromatic carbocycles. The van der Waals surface area contributed by atoms with Crippen molar-refractivity contribution in [1.82, 2.24) is 9.97 Å². The highest BCUT2D eigenvalue weighted by Crippen LogP contribution is 2.33. The van der Waals surface area contributed by atoms with Crippen molar-refractivity contribution in [2.45, 2.75) is 19.4 Å². The van der Waals surface area contributed by atoms with Crippen LogP contribution in [0.2, 0.25) is 0 Å². The van der Waals surface area contributed by atoms with Gasteiger partial charge in [0.05, 0.1) is 11.2 Å². The molecule has 4 rings (SSSR count). The van der Waals surface area contributed by atoms with Gasteiger partial charge in [-0.15, -0.1) is 11.3 Å². The smallest absolute Gasteiger partial charge is 0.230 e. The van der Waals surface area contributed by atoms with Crippen LogP contribution >= 0.6 is 11.3 Å². The minimum absolute atomic E-state index is 0.203. The molecule has 3 aromatic rings. The molecule has 0 amide bonds. The van der Waals surface area contributed by atoms with Gasteiger partial charge in [0.1, 0.15) is 17.5 Å². The predicted molar refractivity (Wildman–Crippen MR) is 87.0 cm³/mol. The number of nitrogens with one attached hydrogen (secondary N) is 1. The molecule has 1 aliphatic heterocycles. The molecule has 7 heteroatoms. The molecule has 3 heterocycles. The maximum absolute atomic E-state index is 14.0. The zero-order chi connectivity index (χ0) is 16.0. The van der Waals surface area contributed by atoms with Crippen molar-refractivity contribution >= 4 is 33.3 Å². The fraction of sp³-hybridized carbons (Fsp3) is 0.188. The van der Waals surface area contributed by atoms with Crippen LogP contribution in [0.5, 0.6) is 0 Å². The molecular formula is C16H12FN3O2S. The van der Waals surface area contributed by atoms with Gasteiger partial charge in [-0.3, -0.25) is 4.79 Å². The van der Waals surface area contributed by atoms with Crippen LogP contribution in [0, 0.1) is 5.82 Å². The van der Waals surface area contributed by atoms with Crippen LogP contribution in [0.1, 0.15) is 30.7 Å².